The predicted octanol–water partition coefficient (Wildman–Crippen LogP) is 5.27. The molecule has 20 heavy (non-hydrogen) atoms. The second-order valence-electron chi connectivity index (χ2n) is 4.34. The van der Waals surface area contributed by atoms with Crippen molar-refractivity contribution in [1.29, 1.82) is 0 Å². The Kier molecular flexibility index (Phi) is 5.90. The highest BCUT2D eigenvalue weighted by atomic mass is 79.9. The first-order valence-corrected chi connectivity index (χ1v) is 8.20. The third kappa shape index (κ3) is 3.97. The first kappa shape index (κ1) is 16.3. The molecule has 2 nitrogen and oxygen atoms in total. The molecule has 0 radical (unpaired) electrons. The molecule has 0 heterocycles. The number of benzene rings is 2. The highest BCUT2D eigenvalue weighted by Gasteiger charge is 2.14. The van der Waals surface area contributed by atoms with Gasteiger partial charge in [-0.2, -0.15) is 0 Å². The summed E-state index contributed by atoms with van der Waals surface area (Å²) in [6.07, 6.45) is 0.716. The summed E-state index contributed by atoms with van der Waals surface area (Å²) in [6.45, 7) is 0. The molecule has 2 aromatic carbocycles. The lowest BCUT2D eigenvalue weighted by Crippen LogP contribution is -2.29. The van der Waals surface area contributed by atoms with Gasteiger partial charge in [-0.3, -0.25) is 11.3 Å². The minimum atomic E-state index is -0.0188. The Bertz CT molecular complexity index is 620. The Balaban J connectivity index is 2.26. The van der Waals surface area contributed by atoms with Crippen LogP contribution in [0.25, 0.3) is 0 Å². The van der Waals surface area contributed by atoms with Gasteiger partial charge in [0.1, 0.15) is 0 Å². The SMILES string of the molecule is NNC(Cc1ccc(Cl)c(Cl)c1)c1ccc(Br)cc1Br. The van der Waals surface area contributed by atoms with Crippen molar-refractivity contribution in [2.45, 2.75) is 12.5 Å². The molecule has 2 rings (SSSR count). The third-order valence-corrected chi connectivity index (χ3v) is 4.88. The minimum Gasteiger partial charge on any atom is -0.271 e. The van der Waals surface area contributed by atoms with Crippen molar-refractivity contribution in [2.75, 3.05) is 0 Å². The van der Waals surface area contributed by atoms with Crippen LogP contribution in [0, 0.1) is 0 Å². The van der Waals surface area contributed by atoms with E-state index >= 15 is 0 Å². The lowest BCUT2D eigenvalue weighted by molar-refractivity contribution is 0.550. The van der Waals surface area contributed by atoms with E-state index in [4.69, 9.17) is 29.0 Å². The summed E-state index contributed by atoms with van der Waals surface area (Å²) in [6, 6.07) is 11.6. The number of halogens is 4. The van der Waals surface area contributed by atoms with Gasteiger partial charge in [-0.05, 0) is 41.8 Å². The molecule has 0 amide bonds. The van der Waals surface area contributed by atoms with E-state index in [9.17, 15) is 0 Å². The van der Waals surface area contributed by atoms with Gasteiger partial charge in [0, 0.05) is 8.95 Å². The topological polar surface area (TPSA) is 38.0 Å². The second-order valence-corrected chi connectivity index (χ2v) is 6.92. The van der Waals surface area contributed by atoms with Crippen LogP contribution in [0.2, 0.25) is 10.0 Å². The van der Waals surface area contributed by atoms with Gasteiger partial charge in [0.25, 0.3) is 0 Å². The maximum absolute atomic E-state index is 6.04. The highest BCUT2D eigenvalue weighted by molar-refractivity contribution is 9.11. The number of nitrogens with two attached hydrogens (primary N) is 1. The van der Waals surface area contributed by atoms with E-state index < -0.39 is 0 Å². The van der Waals surface area contributed by atoms with Crippen LogP contribution in [0.5, 0.6) is 0 Å². The molecule has 0 saturated carbocycles. The van der Waals surface area contributed by atoms with Gasteiger partial charge in [0.2, 0.25) is 0 Å². The largest absolute Gasteiger partial charge is 0.271 e. The zero-order chi connectivity index (χ0) is 14.7. The van der Waals surface area contributed by atoms with Gasteiger partial charge in [-0.25, -0.2) is 0 Å². The number of rotatable bonds is 4. The Morgan fingerprint density at radius 1 is 1.05 bits per heavy atom. The van der Waals surface area contributed by atoms with Crippen LogP contribution in [-0.2, 0) is 6.42 Å². The predicted molar refractivity (Wildman–Crippen MR) is 92.1 cm³/mol. The molecule has 2 aromatic rings. The fourth-order valence-electron chi connectivity index (χ4n) is 1.95. The number of hydrazine groups is 1. The molecule has 6 heteroatoms. The van der Waals surface area contributed by atoms with Gasteiger partial charge in [-0.1, -0.05) is 67.2 Å². The maximum Gasteiger partial charge on any atom is 0.0595 e. The summed E-state index contributed by atoms with van der Waals surface area (Å²) in [5.74, 6) is 5.69. The first-order chi connectivity index (χ1) is 9.51. The van der Waals surface area contributed by atoms with Crippen molar-refractivity contribution in [1.82, 2.24) is 5.43 Å². The van der Waals surface area contributed by atoms with Crippen molar-refractivity contribution >= 4 is 55.1 Å². The van der Waals surface area contributed by atoms with Crippen LogP contribution < -0.4 is 11.3 Å². The summed E-state index contributed by atoms with van der Waals surface area (Å²) in [5.41, 5.74) is 4.99. The minimum absolute atomic E-state index is 0.0188. The smallest absolute Gasteiger partial charge is 0.0595 e. The monoisotopic (exact) mass is 436 g/mol. The van der Waals surface area contributed by atoms with Gasteiger partial charge in [-0.15, -0.1) is 0 Å². The lowest BCUT2D eigenvalue weighted by atomic mass is 9.99. The van der Waals surface area contributed by atoms with Crippen LogP contribution >= 0.6 is 55.1 Å². The summed E-state index contributed by atoms with van der Waals surface area (Å²) in [7, 11) is 0. The molecule has 0 fully saturated rings. The van der Waals surface area contributed by atoms with Gasteiger partial charge in [0.15, 0.2) is 0 Å². The van der Waals surface area contributed by atoms with E-state index in [1.165, 1.54) is 0 Å². The highest BCUT2D eigenvalue weighted by Crippen LogP contribution is 2.30. The Hall–Kier alpha value is -0.100. The van der Waals surface area contributed by atoms with Gasteiger partial charge < -0.3 is 0 Å². The molecule has 0 aliphatic carbocycles. The van der Waals surface area contributed by atoms with Crippen molar-refractivity contribution < 1.29 is 0 Å². The molecule has 0 spiro atoms. The summed E-state index contributed by atoms with van der Waals surface area (Å²) < 4.78 is 2.01. The van der Waals surface area contributed by atoms with E-state index in [-0.39, 0.29) is 6.04 Å². The van der Waals surface area contributed by atoms with Crippen LogP contribution in [0.15, 0.2) is 45.3 Å². The molecule has 1 unspecified atom stereocenters. The molecule has 0 saturated heterocycles. The average Bonchev–Trinajstić information content (AvgIpc) is 2.41. The fourth-order valence-corrected chi connectivity index (χ4v) is 3.59. The molecule has 106 valence electrons. The van der Waals surface area contributed by atoms with Crippen LogP contribution in [-0.4, -0.2) is 0 Å². The van der Waals surface area contributed by atoms with Crippen LogP contribution in [0.1, 0.15) is 17.2 Å². The Labute approximate surface area is 144 Å². The Morgan fingerprint density at radius 3 is 2.40 bits per heavy atom. The second kappa shape index (κ2) is 7.25. The quantitative estimate of drug-likeness (QED) is 0.504. The summed E-state index contributed by atoms with van der Waals surface area (Å²) in [4.78, 5) is 0. The number of nitrogens with one attached hydrogen (secondary N) is 1. The van der Waals surface area contributed by atoms with E-state index in [1.54, 1.807) is 6.07 Å². The van der Waals surface area contributed by atoms with Gasteiger partial charge >= 0.3 is 0 Å². The van der Waals surface area contributed by atoms with Gasteiger partial charge in [0.05, 0.1) is 16.1 Å². The molecular formula is C14H12Br2Cl2N2. The molecule has 0 aliphatic heterocycles. The lowest BCUT2D eigenvalue weighted by Gasteiger charge is -2.18. The average molecular weight is 439 g/mol. The van der Waals surface area contributed by atoms with E-state index in [0.717, 1.165) is 20.1 Å². The zero-order valence-corrected chi connectivity index (χ0v) is 15.0. The molecule has 0 aliphatic rings. The molecule has 3 N–H and O–H groups in total. The zero-order valence-electron chi connectivity index (χ0n) is 10.3. The summed E-state index contributed by atoms with van der Waals surface area (Å²) in [5, 5.41) is 1.10. The normalized spacial score (nSPS) is 12.4. The number of hydrogen-bond donors (Lipinski definition) is 2. The number of hydrogen-bond acceptors (Lipinski definition) is 2. The maximum atomic E-state index is 6.04. The summed E-state index contributed by atoms with van der Waals surface area (Å²) >= 11 is 19.0. The van der Waals surface area contributed by atoms with Crippen molar-refractivity contribution in [3.8, 4) is 0 Å². The first-order valence-electron chi connectivity index (χ1n) is 5.86. The van der Waals surface area contributed by atoms with E-state index in [1.807, 2.05) is 30.3 Å². The third-order valence-electron chi connectivity index (χ3n) is 2.96. The van der Waals surface area contributed by atoms with Crippen molar-refractivity contribution in [2.24, 2.45) is 5.84 Å². The van der Waals surface area contributed by atoms with Crippen molar-refractivity contribution in [3.63, 3.8) is 0 Å². The van der Waals surface area contributed by atoms with Crippen molar-refractivity contribution in [3.05, 3.63) is 66.5 Å². The molecule has 0 aromatic heterocycles. The standard InChI is InChI=1S/C14H12Br2Cl2N2/c15-9-2-3-10(11(16)7-9)14(20-19)6-8-1-4-12(17)13(18)5-8/h1-5,7,14,20H,6,19H2. The molecular weight excluding hydrogens is 427 g/mol. The van der Waals surface area contributed by atoms with E-state index in [2.05, 4.69) is 37.3 Å². The fraction of sp³-hybridized carbons (Fsp3) is 0.143. The van der Waals surface area contributed by atoms with Crippen LogP contribution in [0.4, 0.5) is 0 Å². The molecule has 0 bridgehead atoms. The Morgan fingerprint density at radius 2 is 1.80 bits per heavy atom. The molecule has 1 atom stereocenters. The van der Waals surface area contributed by atoms with Crippen LogP contribution in [0.3, 0.4) is 0 Å². The van der Waals surface area contributed by atoms with E-state index in [0.29, 0.717) is 16.5 Å².